The van der Waals surface area contributed by atoms with Gasteiger partial charge in [0.2, 0.25) is 0 Å². The van der Waals surface area contributed by atoms with E-state index in [-0.39, 0.29) is 31.0 Å². The van der Waals surface area contributed by atoms with Gasteiger partial charge in [0.15, 0.2) is 0 Å². The van der Waals surface area contributed by atoms with E-state index < -0.39 is 31.4 Å². The summed E-state index contributed by atoms with van der Waals surface area (Å²) in [6, 6.07) is 0. The number of aliphatic hydroxyl groups excluding tert-OH is 3. The molecule has 0 aromatic heterocycles. The van der Waals surface area contributed by atoms with Gasteiger partial charge >= 0.3 is 35.5 Å². The zero-order valence-corrected chi connectivity index (χ0v) is 9.23. The summed E-state index contributed by atoms with van der Waals surface area (Å²) in [5.74, 6) is -0.849. The van der Waals surface area contributed by atoms with Crippen molar-refractivity contribution in [3.8, 4) is 0 Å². The molecule has 12 heavy (non-hydrogen) atoms. The molecule has 68 valence electrons. The van der Waals surface area contributed by atoms with E-state index in [1.54, 1.807) is 0 Å². The quantitative estimate of drug-likeness (QED) is 0.305. The fourth-order valence-corrected chi connectivity index (χ4v) is 0.395. The summed E-state index contributed by atoms with van der Waals surface area (Å²) in [5.41, 5.74) is 0. The van der Waals surface area contributed by atoms with Gasteiger partial charge in [-0.2, -0.15) is 0 Å². The number of ether oxygens (including phenoxy) is 1. The second kappa shape index (κ2) is 7.97. The molecule has 0 aliphatic carbocycles. The van der Waals surface area contributed by atoms with Gasteiger partial charge in [-0.15, -0.1) is 0 Å². The van der Waals surface area contributed by atoms with Crippen LogP contribution in [0.2, 0.25) is 0 Å². The topological polar surface area (TPSA) is 87.0 Å². The van der Waals surface area contributed by atoms with Crippen molar-refractivity contribution < 1.29 is 55.8 Å². The van der Waals surface area contributed by atoms with Crippen molar-refractivity contribution >= 4 is 5.97 Å². The van der Waals surface area contributed by atoms with Gasteiger partial charge in [0.1, 0.15) is 12.2 Å². The van der Waals surface area contributed by atoms with Crippen LogP contribution in [0.4, 0.5) is 0 Å². The Kier molecular flexibility index (Phi) is 9.87. The Morgan fingerprint density at radius 2 is 1.92 bits per heavy atom. The molecule has 1 atom stereocenters. The summed E-state index contributed by atoms with van der Waals surface area (Å²) < 4.78 is 4.42. The SMILES string of the molecule is CC(O)C(=O)OC(CO)CO.[H-].[Na+]. The van der Waals surface area contributed by atoms with Crippen LogP contribution in [0.15, 0.2) is 0 Å². The van der Waals surface area contributed by atoms with Gasteiger partial charge in [-0.3, -0.25) is 0 Å². The predicted octanol–water partition coefficient (Wildman–Crippen LogP) is -4.62. The Hall–Kier alpha value is 0.350. The first-order valence-corrected chi connectivity index (χ1v) is 3.22. The van der Waals surface area contributed by atoms with Gasteiger partial charge in [0.05, 0.1) is 13.2 Å². The number of hydrogen-bond donors (Lipinski definition) is 3. The smallest absolute Gasteiger partial charge is 1.00 e. The van der Waals surface area contributed by atoms with E-state index in [1.165, 1.54) is 6.92 Å². The maximum Gasteiger partial charge on any atom is 1.00 e. The van der Waals surface area contributed by atoms with Crippen LogP contribution >= 0.6 is 0 Å². The van der Waals surface area contributed by atoms with E-state index in [0.717, 1.165) is 0 Å². The van der Waals surface area contributed by atoms with E-state index in [2.05, 4.69) is 4.74 Å². The Morgan fingerprint density at radius 1 is 1.50 bits per heavy atom. The van der Waals surface area contributed by atoms with Crippen molar-refractivity contribution in [1.29, 1.82) is 0 Å². The van der Waals surface area contributed by atoms with Gasteiger partial charge in [-0.25, -0.2) is 4.79 Å². The number of esters is 1. The third-order valence-corrected chi connectivity index (χ3v) is 1.03. The summed E-state index contributed by atoms with van der Waals surface area (Å²) in [4.78, 5) is 10.6. The van der Waals surface area contributed by atoms with Crippen molar-refractivity contribution in [2.45, 2.75) is 19.1 Å². The number of aliphatic hydroxyl groups is 3. The Labute approximate surface area is 94.1 Å². The van der Waals surface area contributed by atoms with Crippen LogP contribution in [0, 0.1) is 0 Å². The van der Waals surface area contributed by atoms with E-state index in [4.69, 9.17) is 15.3 Å². The molecule has 0 fully saturated rings. The van der Waals surface area contributed by atoms with E-state index in [1.807, 2.05) is 0 Å². The standard InChI is InChI=1S/C6H12O5.Na.H/c1-4(9)6(10)11-5(2-7)3-8;;/h4-5,7-9H,2-3H2,1H3;;/q;+1;-1. The molecule has 0 aromatic carbocycles. The third kappa shape index (κ3) is 5.93. The number of hydrogen-bond acceptors (Lipinski definition) is 5. The average molecular weight is 188 g/mol. The molecule has 0 spiro atoms. The number of carbonyl (C=O) groups excluding carboxylic acids is 1. The van der Waals surface area contributed by atoms with Crippen molar-refractivity contribution in [1.82, 2.24) is 0 Å². The Bertz CT molecular complexity index is 128. The van der Waals surface area contributed by atoms with Crippen LogP contribution in [0.25, 0.3) is 0 Å². The van der Waals surface area contributed by atoms with Crippen LogP contribution < -0.4 is 29.6 Å². The summed E-state index contributed by atoms with van der Waals surface area (Å²) in [6.45, 7) is 0.345. The first-order valence-electron chi connectivity index (χ1n) is 3.22. The van der Waals surface area contributed by atoms with Crippen LogP contribution in [0.5, 0.6) is 0 Å². The maximum absolute atomic E-state index is 10.6. The largest absolute Gasteiger partial charge is 1.00 e. The van der Waals surface area contributed by atoms with Crippen LogP contribution in [-0.2, 0) is 9.53 Å². The van der Waals surface area contributed by atoms with Gasteiger partial charge in [-0.1, -0.05) is 0 Å². The molecule has 3 N–H and O–H groups in total. The molecular formula is C6H13NaO5. The average Bonchev–Trinajstić information content (AvgIpc) is 1.99. The minimum Gasteiger partial charge on any atom is -1.00 e. The molecular weight excluding hydrogens is 175 g/mol. The Morgan fingerprint density at radius 3 is 2.17 bits per heavy atom. The fourth-order valence-electron chi connectivity index (χ4n) is 0.395. The van der Waals surface area contributed by atoms with Crippen molar-refractivity contribution in [3.63, 3.8) is 0 Å². The summed E-state index contributed by atoms with van der Waals surface area (Å²) in [6.07, 6.45) is -2.16. The van der Waals surface area contributed by atoms with Gasteiger partial charge in [0, 0.05) is 0 Å². The third-order valence-electron chi connectivity index (χ3n) is 1.03. The first-order chi connectivity index (χ1) is 5.11. The fraction of sp³-hybridized carbons (Fsp3) is 0.833. The first kappa shape index (κ1) is 14.9. The molecule has 0 saturated heterocycles. The normalized spacial score (nSPS) is 12.1. The second-order valence-electron chi connectivity index (χ2n) is 2.10. The Balaban J connectivity index is -0.000000500. The minimum atomic E-state index is -1.23. The van der Waals surface area contributed by atoms with Crippen LogP contribution in [0.1, 0.15) is 8.35 Å². The van der Waals surface area contributed by atoms with Gasteiger partial charge in [-0.05, 0) is 6.92 Å². The molecule has 0 rings (SSSR count). The number of carbonyl (C=O) groups is 1. The van der Waals surface area contributed by atoms with Crippen molar-refractivity contribution in [3.05, 3.63) is 0 Å². The van der Waals surface area contributed by atoms with E-state index >= 15 is 0 Å². The van der Waals surface area contributed by atoms with E-state index in [9.17, 15) is 4.79 Å². The van der Waals surface area contributed by atoms with Gasteiger partial charge < -0.3 is 21.5 Å². The second-order valence-corrected chi connectivity index (χ2v) is 2.10. The number of rotatable bonds is 4. The molecule has 0 aliphatic heterocycles. The molecule has 0 radical (unpaired) electrons. The monoisotopic (exact) mass is 188 g/mol. The molecule has 0 bridgehead atoms. The summed E-state index contributed by atoms with van der Waals surface area (Å²) >= 11 is 0. The molecule has 6 heteroatoms. The maximum atomic E-state index is 10.6. The van der Waals surface area contributed by atoms with Gasteiger partial charge in [0.25, 0.3) is 0 Å². The minimum absolute atomic E-state index is 0. The van der Waals surface area contributed by atoms with Crippen LogP contribution in [0.3, 0.4) is 0 Å². The van der Waals surface area contributed by atoms with Crippen LogP contribution in [-0.4, -0.2) is 46.7 Å². The van der Waals surface area contributed by atoms with E-state index in [0.29, 0.717) is 0 Å². The zero-order chi connectivity index (χ0) is 8.85. The molecule has 0 saturated carbocycles. The molecule has 0 amide bonds. The molecule has 5 nitrogen and oxygen atoms in total. The van der Waals surface area contributed by atoms with Crippen molar-refractivity contribution in [2.24, 2.45) is 0 Å². The molecule has 0 aliphatic rings. The van der Waals surface area contributed by atoms with Crippen molar-refractivity contribution in [2.75, 3.05) is 13.2 Å². The summed E-state index contributed by atoms with van der Waals surface area (Å²) in [5, 5.41) is 25.5. The predicted molar refractivity (Wildman–Crippen MR) is 36.8 cm³/mol. The summed E-state index contributed by atoms with van der Waals surface area (Å²) in [7, 11) is 0. The molecule has 1 unspecified atom stereocenters. The molecule has 0 aromatic rings. The zero-order valence-electron chi connectivity index (χ0n) is 8.23. The molecule has 0 heterocycles.